The van der Waals surface area contributed by atoms with Crippen molar-refractivity contribution in [1.82, 2.24) is 15.5 Å². The Bertz CT molecular complexity index is 607. The molecule has 1 heterocycles. The van der Waals surface area contributed by atoms with Gasteiger partial charge in [0, 0.05) is 50.7 Å². The Morgan fingerprint density at radius 3 is 2.81 bits per heavy atom. The van der Waals surface area contributed by atoms with E-state index in [-0.39, 0.29) is 35.8 Å². The van der Waals surface area contributed by atoms with Crippen LogP contribution in [0, 0.1) is 0 Å². The molecule has 0 aromatic heterocycles. The summed E-state index contributed by atoms with van der Waals surface area (Å²) in [4.78, 5) is 18.5. The summed E-state index contributed by atoms with van der Waals surface area (Å²) in [6, 6.07) is 8.58. The lowest BCUT2D eigenvalue weighted by Gasteiger charge is -2.27. The first-order valence-corrected chi connectivity index (χ1v) is 9.08. The minimum Gasteiger partial charge on any atom is -0.356 e. The highest BCUT2D eigenvalue weighted by atomic mass is 127. The number of rotatable bonds is 7. The molecule has 1 aliphatic rings. The second-order valence-corrected chi connectivity index (χ2v) is 6.65. The highest BCUT2D eigenvalue weighted by molar-refractivity contribution is 14.0. The maximum atomic E-state index is 11.9. The fraction of sp³-hybridized carbons (Fsp3) is 0.579. The van der Waals surface area contributed by atoms with E-state index in [0.29, 0.717) is 19.0 Å². The van der Waals surface area contributed by atoms with Crippen molar-refractivity contribution in [2.75, 3.05) is 39.0 Å². The molecule has 0 bridgehead atoms. The van der Waals surface area contributed by atoms with Crippen LogP contribution in [0.25, 0.3) is 0 Å². The predicted octanol–water partition coefficient (Wildman–Crippen LogP) is 2.63. The molecule has 146 valence electrons. The van der Waals surface area contributed by atoms with Crippen molar-refractivity contribution < 1.29 is 4.79 Å². The molecule has 1 amide bonds. The first-order valence-electron chi connectivity index (χ1n) is 9.08. The van der Waals surface area contributed by atoms with Gasteiger partial charge in [-0.2, -0.15) is 0 Å². The summed E-state index contributed by atoms with van der Waals surface area (Å²) < 4.78 is 0. The molecule has 6 nitrogen and oxygen atoms in total. The molecule has 3 N–H and O–H groups in total. The third-order valence-electron chi connectivity index (χ3n) is 4.95. The molecular weight excluding hydrogens is 441 g/mol. The van der Waals surface area contributed by atoms with E-state index in [2.05, 4.69) is 52.8 Å². The zero-order chi connectivity index (χ0) is 18.2. The molecule has 1 aromatic carbocycles. The van der Waals surface area contributed by atoms with E-state index in [4.69, 9.17) is 0 Å². The molecule has 26 heavy (non-hydrogen) atoms. The molecular formula is C19H32IN5O. The van der Waals surface area contributed by atoms with Crippen LogP contribution in [0.2, 0.25) is 0 Å². The van der Waals surface area contributed by atoms with Crippen LogP contribution in [-0.2, 0) is 4.79 Å². The van der Waals surface area contributed by atoms with E-state index >= 15 is 0 Å². The number of fused-ring (bicyclic) bond motifs is 1. The van der Waals surface area contributed by atoms with E-state index in [1.165, 1.54) is 5.56 Å². The Hall–Kier alpha value is -1.35. The maximum absolute atomic E-state index is 11.9. The average molecular weight is 473 g/mol. The van der Waals surface area contributed by atoms with E-state index in [1.807, 2.05) is 18.2 Å². The van der Waals surface area contributed by atoms with Gasteiger partial charge in [0.15, 0.2) is 5.96 Å². The standard InChI is InChI=1S/C19H31N5O.HI/c1-5-14(2)24(4)11-10-21-19(20-3)22-13-15-12-18(25)23-17-9-7-6-8-16(15)17;/h6-9,14-15H,5,10-13H2,1-4H3,(H,23,25)(H2,20,21,22);1H. The van der Waals surface area contributed by atoms with Crippen LogP contribution in [0.3, 0.4) is 0 Å². The molecule has 7 heteroatoms. The zero-order valence-electron chi connectivity index (χ0n) is 16.2. The fourth-order valence-corrected chi connectivity index (χ4v) is 3.01. The van der Waals surface area contributed by atoms with Crippen LogP contribution in [0.5, 0.6) is 0 Å². The number of amides is 1. The molecule has 0 saturated heterocycles. The van der Waals surface area contributed by atoms with Gasteiger partial charge in [0.2, 0.25) is 5.91 Å². The largest absolute Gasteiger partial charge is 0.356 e. The molecule has 0 aliphatic carbocycles. The molecule has 1 aromatic rings. The molecule has 0 spiro atoms. The molecule has 2 unspecified atom stereocenters. The van der Waals surface area contributed by atoms with Crippen molar-refractivity contribution in [3.8, 4) is 0 Å². The summed E-state index contributed by atoms with van der Waals surface area (Å²) in [7, 11) is 3.92. The Labute approximate surface area is 174 Å². The average Bonchev–Trinajstić information content (AvgIpc) is 2.63. The van der Waals surface area contributed by atoms with Crippen LogP contribution in [0.15, 0.2) is 29.3 Å². The van der Waals surface area contributed by atoms with Crippen LogP contribution in [0.1, 0.15) is 38.2 Å². The lowest BCUT2D eigenvalue weighted by molar-refractivity contribution is -0.116. The molecule has 2 atom stereocenters. The van der Waals surface area contributed by atoms with E-state index < -0.39 is 0 Å². The van der Waals surface area contributed by atoms with Crippen molar-refractivity contribution >= 4 is 41.5 Å². The number of likely N-dealkylation sites (N-methyl/N-ethyl adjacent to an activating group) is 1. The number of anilines is 1. The summed E-state index contributed by atoms with van der Waals surface area (Å²) in [5, 5.41) is 9.64. The third kappa shape index (κ3) is 6.42. The summed E-state index contributed by atoms with van der Waals surface area (Å²) in [6.45, 7) is 6.92. The van der Waals surface area contributed by atoms with Gasteiger partial charge >= 0.3 is 0 Å². The van der Waals surface area contributed by atoms with Crippen molar-refractivity contribution in [2.24, 2.45) is 4.99 Å². The summed E-state index contributed by atoms with van der Waals surface area (Å²) in [5.74, 6) is 1.01. The number of carbonyl (C=O) groups is 1. The van der Waals surface area contributed by atoms with Gasteiger partial charge in [-0.1, -0.05) is 25.1 Å². The quantitative estimate of drug-likeness (QED) is 0.324. The van der Waals surface area contributed by atoms with Crippen LogP contribution < -0.4 is 16.0 Å². The van der Waals surface area contributed by atoms with Gasteiger partial charge in [0.05, 0.1) is 0 Å². The SMILES string of the molecule is CCC(C)N(C)CCNC(=NC)NCC1CC(=O)Nc2ccccc21.I. The number of hydrogen-bond acceptors (Lipinski definition) is 3. The van der Waals surface area contributed by atoms with E-state index in [0.717, 1.165) is 31.2 Å². The van der Waals surface area contributed by atoms with Crippen LogP contribution in [-0.4, -0.2) is 56.5 Å². The van der Waals surface area contributed by atoms with E-state index in [9.17, 15) is 4.79 Å². The second kappa shape index (κ2) is 11.4. The van der Waals surface area contributed by atoms with Gasteiger partial charge < -0.3 is 20.9 Å². The number of nitrogens with one attached hydrogen (secondary N) is 3. The molecule has 0 fully saturated rings. The monoisotopic (exact) mass is 473 g/mol. The molecule has 2 rings (SSSR count). The van der Waals surface area contributed by atoms with E-state index in [1.54, 1.807) is 7.05 Å². The Morgan fingerprint density at radius 2 is 2.12 bits per heavy atom. The van der Waals surface area contributed by atoms with Crippen molar-refractivity contribution in [3.05, 3.63) is 29.8 Å². The van der Waals surface area contributed by atoms with Gasteiger partial charge in [0.25, 0.3) is 0 Å². The lowest BCUT2D eigenvalue weighted by atomic mass is 9.90. The van der Waals surface area contributed by atoms with Gasteiger partial charge in [0.1, 0.15) is 0 Å². The maximum Gasteiger partial charge on any atom is 0.225 e. The van der Waals surface area contributed by atoms with Gasteiger partial charge in [-0.15, -0.1) is 24.0 Å². The molecule has 1 aliphatic heterocycles. The Balaban J connectivity index is 0.00000338. The number of guanidine groups is 1. The van der Waals surface area contributed by atoms with Gasteiger partial charge in [-0.3, -0.25) is 9.79 Å². The van der Waals surface area contributed by atoms with Gasteiger partial charge in [-0.05, 0) is 32.0 Å². The number of benzene rings is 1. The smallest absolute Gasteiger partial charge is 0.225 e. The van der Waals surface area contributed by atoms with Crippen molar-refractivity contribution in [2.45, 2.75) is 38.6 Å². The minimum absolute atomic E-state index is 0. The highest BCUT2D eigenvalue weighted by Crippen LogP contribution is 2.31. The van der Waals surface area contributed by atoms with Crippen molar-refractivity contribution in [1.29, 1.82) is 0 Å². The zero-order valence-corrected chi connectivity index (χ0v) is 18.5. The molecule has 0 radical (unpaired) electrons. The fourth-order valence-electron chi connectivity index (χ4n) is 3.01. The number of halogens is 1. The third-order valence-corrected chi connectivity index (χ3v) is 4.95. The van der Waals surface area contributed by atoms with Crippen LogP contribution >= 0.6 is 24.0 Å². The lowest BCUT2D eigenvalue weighted by Crippen LogP contribution is -2.44. The first-order chi connectivity index (χ1) is 12.0. The second-order valence-electron chi connectivity index (χ2n) is 6.65. The minimum atomic E-state index is 0. The number of para-hydroxylation sites is 1. The Kier molecular flexibility index (Phi) is 9.93. The normalized spacial score (nSPS) is 17.8. The highest BCUT2D eigenvalue weighted by Gasteiger charge is 2.24. The predicted molar refractivity (Wildman–Crippen MR) is 120 cm³/mol. The first kappa shape index (κ1) is 22.7. The van der Waals surface area contributed by atoms with Crippen LogP contribution in [0.4, 0.5) is 5.69 Å². The Morgan fingerprint density at radius 1 is 1.38 bits per heavy atom. The molecule has 0 saturated carbocycles. The topological polar surface area (TPSA) is 68.8 Å². The summed E-state index contributed by atoms with van der Waals surface area (Å²) in [5.41, 5.74) is 2.10. The summed E-state index contributed by atoms with van der Waals surface area (Å²) in [6.07, 6.45) is 1.64. The van der Waals surface area contributed by atoms with Crippen molar-refractivity contribution in [3.63, 3.8) is 0 Å². The number of nitrogens with zero attached hydrogens (tertiary/aromatic N) is 2. The summed E-state index contributed by atoms with van der Waals surface area (Å²) >= 11 is 0. The number of hydrogen-bond donors (Lipinski definition) is 3. The van der Waals surface area contributed by atoms with Gasteiger partial charge in [-0.25, -0.2) is 0 Å². The number of aliphatic imine (C=N–C) groups is 1. The number of carbonyl (C=O) groups excluding carboxylic acids is 1.